The van der Waals surface area contributed by atoms with Crippen LogP contribution in [0.2, 0.25) is 0 Å². The van der Waals surface area contributed by atoms with Gasteiger partial charge in [-0.15, -0.1) is 0 Å². The number of benzene rings is 1. The Hall–Kier alpha value is -3.13. The van der Waals surface area contributed by atoms with Gasteiger partial charge in [-0.3, -0.25) is 14.6 Å². The van der Waals surface area contributed by atoms with Crippen LogP contribution in [-0.4, -0.2) is 22.0 Å². The molecule has 0 aliphatic carbocycles. The van der Waals surface area contributed by atoms with Gasteiger partial charge >= 0.3 is 11.9 Å². The van der Waals surface area contributed by atoms with E-state index in [2.05, 4.69) is 22.1 Å². The molecule has 104 valence electrons. The summed E-state index contributed by atoms with van der Waals surface area (Å²) in [5.41, 5.74) is 1.65. The van der Waals surface area contributed by atoms with Crippen LogP contribution in [0.25, 0.3) is 0 Å². The highest BCUT2D eigenvalue weighted by Gasteiger charge is 2.03. The second-order valence-corrected chi connectivity index (χ2v) is 4.18. The minimum atomic E-state index is -0.951. The number of nitrogens with zero attached hydrogens (tertiary/aromatic N) is 1. The second-order valence-electron chi connectivity index (χ2n) is 4.18. The Balaban J connectivity index is 1.97. The summed E-state index contributed by atoms with van der Waals surface area (Å²) in [5, 5.41) is 11.2. The highest BCUT2D eigenvalue weighted by Crippen LogP contribution is 2.06. The Labute approximate surface area is 121 Å². The van der Waals surface area contributed by atoms with Gasteiger partial charge in [-0.2, -0.15) is 0 Å². The minimum absolute atomic E-state index is 0.151. The van der Waals surface area contributed by atoms with Crippen molar-refractivity contribution in [2.24, 2.45) is 0 Å². The van der Waals surface area contributed by atoms with Crippen molar-refractivity contribution in [3.8, 4) is 11.8 Å². The number of aliphatic carboxylic acids is 1. The van der Waals surface area contributed by atoms with Crippen molar-refractivity contribution in [1.29, 1.82) is 0 Å². The van der Waals surface area contributed by atoms with Crippen LogP contribution in [0.5, 0.6) is 0 Å². The van der Waals surface area contributed by atoms with Crippen molar-refractivity contribution >= 4 is 17.6 Å². The maximum atomic E-state index is 11.6. The molecule has 5 heteroatoms. The van der Waals surface area contributed by atoms with Crippen molar-refractivity contribution < 1.29 is 14.7 Å². The zero-order chi connectivity index (χ0) is 15.1. The second kappa shape index (κ2) is 6.87. The monoisotopic (exact) mass is 280 g/mol. The van der Waals surface area contributed by atoms with E-state index in [1.165, 1.54) is 6.20 Å². The lowest BCUT2D eigenvalue weighted by Gasteiger charge is -2.01. The van der Waals surface area contributed by atoms with Gasteiger partial charge in [0.25, 0.3) is 0 Å². The summed E-state index contributed by atoms with van der Waals surface area (Å²) < 4.78 is 0. The van der Waals surface area contributed by atoms with Crippen LogP contribution in [0, 0.1) is 11.8 Å². The van der Waals surface area contributed by atoms with E-state index in [0.717, 1.165) is 5.56 Å². The standard InChI is InChI=1S/C16H12N2O3/c19-15(9-6-12-4-2-1-3-5-12)18-14-8-7-13(17-11-14)10-16(20)21/h1-5,7-8,11H,10H2,(H,18,19)(H,20,21). The maximum Gasteiger partial charge on any atom is 0.309 e. The largest absolute Gasteiger partial charge is 0.481 e. The predicted octanol–water partition coefficient (Wildman–Crippen LogP) is 1.70. The third-order valence-electron chi connectivity index (χ3n) is 2.51. The number of rotatable bonds is 3. The molecule has 1 aromatic carbocycles. The molecule has 5 nitrogen and oxygen atoms in total. The van der Waals surface area contributed by atoms with Gasteiger partial charge in [0.1, 0.15) is 0 Å². The fraction of sp³-hybridized carbons (Fsp3) is 0.0625. The number of nitrogens with one attached hydrogen (secondary N) is 1. The van der Waals surface area contributed by atoms with Gasteiger partial charge in [-0.1, -0.05) is 24.1 Å². The number of carbonyl (C=O) groups is 2. The molecule has 1 amide bonds. The van der Waals surface area contributed by atoms with Gasteiger partial charge in [0.15, 0.2) is 0 Å². The number of carbonyl (C=O) groups excluding carboxylic acids is 1. The minimum Gasteiger partial charge on any atom is -0.481 e. The lowest BCUT2D eigenvalue weighted by Crippen LogP contribution is -2.09. The van der Waals surface area contributed by atoms with E-state index in [9.17, 15) is 9.59 Å². The number of pyridine rings is 1. The van der Waals surface area contributed by atoms with Crippen LogP contribution in [0.3, 0.4) is 0 Å². The van der Waals surface area contributed by atoms with Crippen LogP contribution < -0.4 is 5.32 Å². The van der Waals surface area contributed by atoms with Crippen LogP contribution >= 0.6 is 0 Å². The molecule has 2 aromatic rings. The molecule has 0 aliphatic rings. The van der Waals surface area contributed by atoms with Gasteiger partial charge in [0.2, 0.25) is 0 Å². The molecular formula is C16H12N2O3. The Kier molecular flexibility index (Phi) is 4.67. The molecular weight excluding hydrogens is 268 g/mol. The molecule has 0 radical (unpaired) electrons. The summed E-state index contributed by atoms with van der Waals surface area (Å²) >= 11 is 0. The molecule has 0 spiro atoms. The number of carboxylic acid groups (broad SMARTS) is 1. The Morgan fingerprint density at radius 3 is 2.52 bits per heavy atom. The average Bonchev–Trinajstić information content (AvgIpc) is 2.48. The van der Waals surface area contributed by atoms with Gasteiger partial charge < -0.3 is 10.4 Å². The number of carboxylic acids is 1. The smallest absolute Gasteiger partial charge is 0.309 e. The SMILES string of the molecule is O=C(O)Cc1ccc(NC(=O)C#Cc2ccccc2)cn1. The topological polar surface area (TPSA) is 79.3 Å². The summed E-state index contributed by atoms with van der Waals surface area (Å²) in [6, 6.07) is 12.3. The zero-order valence-corrected chi connectivity index (χ0v) is 11.0. The molecule has 2 rings (SSSR count). The summed E-state index contributed by atoms with van der Waals surface area (Å²) in [7, 11) is 0. The molecule has 1 aromatic heterocycles. The van der Waals surface area contributed by atoms with Crippen molar-refractivity contribution in [2.75, 3.05) is 5.32 Å². The summed E-state index contributed by atoms with van der Waals surface area (Å²) in [5.74, 6) is 3.81. The van der Waals surface area contributed by atoms with Gasteiger partial charge in [0, 0.05) is 11.5 Å². The third kappa shape index (κ3) is 4.80. The third-order valence-corrected chi connectivity index (χ3v) is 2.51. The lowest BCUT2D eigenvalue weighted by molar-refractivity contribution is -0.136. The molecule has 2 N–H and O–H groups in total. The first-order valence-corrected chi connectivity index (χ1v) is 6.18. The molecule has 0 atom stereocenters. The van der Waals surface area contributed by atoms with E-state index in [0.29, 0.717) is 11.4 Å². The Morgan fingerprint density at radius 1 is 1.14 bits per heavy atom. The highest BCUT2D eigenvalue weighted by atomic mass is 16.4. The van der Waals surface area contributed by atoms with Crippen molar-refractivity contribution in [3.63, 3.8) is 0 Å². The molecule has 0 aliphatic heterocycles. The first-order chi connectivity index (χ1) is 10.1. The molecule has 0 unspecified atom stereocenters. The van der Waals surface area contributed by atoms with Gasteiger partial charge in [0.05, 0.1) is 24.0 Å². The number of aromatic nitrogens is 1. The van der Waals surface area contributed by atoms with Gasteiger partial charge in [-0.25, -0.2) is 0 Å². The number of anilines is 1. The van der Waals surface area contributed by atoms with Crippen molar-refractivity contribution in [1.82, 2.24) is 4.98 Å². The summed E-state index contributed by atoms with van der Waals surface area (Å²) in [6.07, 6.45) is 1.25. The normalized spacial score (nSPS) is 9.33. The number of hydrogen-bond donors (Lipinski definition) is 2. The fourth-order valence-corrected chi connectivity index (χ4v) is 1.57. The average molecular weight is 280 g/mol. The van der Waals surface area contributed by atoms with E-state index in [1.54, 1.807) is 12.1 Å². The van der Waals surface area contributed by atoms with E-state index in [1.807, 2.05) is 30.3 Å². The zero-order valence-electron chi connectivity index (χ0n) is 11.0. The Bertz CT molecular complexity index is 698. The molecule has 0 saturated carbocycles. The Morgan fingerprint density at radius 2 is 1.90 bits per heavy atom. The molecule has 0 bridgehead atoms. The van der Waals surface area contributed by atoms with Crippen LogP contribution in [0.4, 0.5) is 5.69 Å². The fourth-order valence-electron chi connectivity index (χ4n) is 1.57. The van der Waals surface area contributed by atoms with Crippen LogP contribution in [0.1, 0.15) is 11.3 Å². The summed E-state index contributed by atoms with van der Waals surface area (Å²) in [6.45, 7) is 0. The van der Waals surface area contributed by atoms with E-state index >= 15 is 0 Å². The van der Waals surface area contributed by atoms with E-state index in [4.69, 9.17) is 5.11 Å². The number of hydrogen-bond acceptors (Lipinski definition) is 3. The highest BCUT2D eigenvalue weighted by molar-refractivity contribution is 6.04. The molecule has 0 saturated heterocycles. The maximum absolute atomic E-state index is 11.6. The van der Waals surface area contributed by atoms with Crippen LogP contribution in [0.15, 0.2) is 48.7 Å². The lowest BCUT2D eigenvalue weighted by atomic mass is 10.2. The quantitative estimate of drug-likeness (QED) is 0.839. The van der Waals surface area contributed by atoms with E-state index in [-0.39, 0.29) is 6.42 Å². The first kappa shape index (κ1) is 14.3. The van der Waals surface area contributed by atoms with E-state index < -0.39 is 11.9 Å². The first-order valence-electron chi connectivity index (χ1n) is 6.18. The van der Waals surface area contributed by atoms with Crippen LogP contribution in [-0.2, 0) is 16.0 Å². The number of amides is 1. The predicted molar refractivity (Wildman–Crippen MR) is 77.5 cm³/mol. The molecule has 1 heterocycles. The molecule has 21 heavy (non-hydrogen) atoms. The summed E-state index contributed by atoms with van der Waals surface area (Å²) in [4.78, 5) is 26.1. The molecule has 0 fully saturated rings. The van der Waals surface area contributed by atoms with Crippen molar-refractivity contribution in [3.05, 3.63) is 59.9 Å². The van der Waals surface area contributed by atoms with Crippen molar-refractivity contribution in [2.45, 2.75) is 6.42 Å². The van der Waals surface area contributed by atoms with Gasteiger partial charge in [-0.05, 0) is 24.3 Å².